The van der Waals surface area contributed by atoms with E-state index in [9.17, 15) is 26.4 Å². The fourth-order valence-electron chi connectivity index (χ4n) is 1.85. The molecule has 164 valence electrons. The summed E-state index contributed by atoms with van der Waals surface area (Å²) in [5, 5.41) is 0. The lowest BCUT2D eigenvalue weighted by Gasteiger charge is -2.20. The second-order valence-electron chi connectivity index (χ2n) is 7.07. The van der Waals surface area contributed by atoms with E-state index in [-0.39, 0.29) is 25.0 Å². The summed E-state index contributed by atoms with van der Waals surface area (Å²) in [6, 6.07) is -1.21. The Labute approximate surface area is 167 Å². The molecule has 0 aromatic carbocycles. The summed E-state index contributed by atoms with van der Waals surface area (Å²) < 4.78 is 59.8. The lowest BCUT2D eigenvalue weighted by molar-refractivity contribution is -0.141. The molecule has 0 heterocycles. The summed E-state index contributed by atoms with van der Waals surface area (Å²) in [6.07, 6.45) is 3.72. The third kappa shape index (κ3) is 13.6. The fraction of sp³-hybridized carbons (Fsp3) is 0.750. The Bertz CT molecular complexity index is 694. The highest BCUT2D eigenvalue weighted by Gasteiger charge is 2.20. The van der Waals surface area contributed by atoms with Crippen molar-refractivity contribution in [3.63, 3.8) is 0 Å². The number of hydrogen-bond donors (Lipinski definition) is 2. The standard InChI is InChI=1S/C16H30N2O8S2/c1-11(2)13(17-27(5,21)22)9-25-15(19)7-8-16(20)26-10-14(12(3)4)18-28(6,23)24/h7-8,11-14,17-18H,9-10H2,1-6H3/b8-7+/t13-,14-/m1/s1. The quantitative estimate of drug-likeness (QED) is 0.312. The van der Waals surface area contributed by atoms with Crippen molar-refractivity contribution in [1.29, 1.82) is 0 Å². The predicted octanol–water partition coefficient (Wildman–Crippen LogP) is -0.223. The minimum atomic E-state index is -3.46. The molecular formula is C16H30N2O8S2. The van der Waals surface area contributed by atoms with Gasteiger partial charge >= 0.3 is 11.9 Å². The Kier molecular flexibility index (Phi) is 10.9. The molecule has 0 aliphatic heterocycles. The van der Waals surface area contributed by atoms with Gasteiger partial charge in [-0.05, 0) is 11.8 Å². The maximum absolute atomic E-state index is 11.7. The highest BCUT2D eigenvalue weighted by molar-refractivity contribution is 7.89. The second-order valence-corrected chi connectivity index (χ2v) is 10.6. The van der Waals surface area contributed by atoms with E-state index in [0.29, 0.717) is 0 Å². The van der Waals surface area contributed by atoms with Crippen molar-refractivity contribution in [3.8, 4) is 0 Å². The van der Waals surface area contributed by atoms with Gasteiger partial charge < -0.3 is 9.47 Å². The molecule has 0 aromatic rings. The molecule has 0 aliphatic rings. The highest BCUT2D eigenvalue weighted by atomic mass is 32.2. The van der Waals surface area contributed by atoms with Gasteiger partial charge in [0.2, 0.25) is 20.0 Å². The van der Waals surface area contributed by atoms with Crippen molar-refractivity contribution in [3.05, 3.63) is 12.2 Å². The molecule has 12 heteroatoms. The summed E-state index contributed by atoms with van der Waals surface area (Å²) in [7, 11) is -6.92. The molecule has 0 radical (unpaired) electrons. The molecule has 0 bridgehead atoms. The number of hydrogen-bond acceptors (Lipinski definition) is 8. The fourth-order valence-corrected chi connectivity index (χ4v) is 3.63. The van der Waals surface area contributed by atoms with Crippen LogP contribution in [0.2, 0.25) is 0 Å². The molecule has 2 atom stereocenters. The van der Waals surface area contributed by atoms with Crippen LogP contribution >= 0.6 is 0 Å². The zero-order chi connectivity index (χ0) is 22.1. The van der Waals surface area contributed by atoms with Crippen molar-refractivity contribution >= 4 is 32.0 Å². The molecular weight excluding hydrogens is 412 g/mol. The smallest absolute Gasteiger partial charge is 0.331 e. The van der Waals surface area contributed by atoms with E-state index >= 15 is 0 Å². The Hall–Kier alpha value is -1.50. The molecule has 0 aromatic heterocycles. The molecule has 28 heavy (non-hydrogen) atoms. The molecule has 0 amide bonds. The zero-order valence-electron chi connectivity index (χ0n) is 17.0. The molecule has 2 N–H and O–H groups in total. The van der Waals surface area contributed by atoms with Gasteiger partial charge in [-0.25, -0.2) is 35.9 Å². The average molecular weight is 443 g/mol. The zero-order valence-corrected chi connectivity index (χ0v) is 18.6. The summed E-state index contributed by atoms with van der Waals surface area (Å²) in [4.78, 5) is 23.4. The SMILES string of the molecule is CC(C)[C@@H](COC(=O)/C=C/C(=O)OC[C@@H](NS(C)(=O)=O)C(C)C)NS(C)(=O)=O. The Morgan fingerprint density at radius 1 is 0.750 bits per heavy atom. The van der Waals surface area contributed by atoms with Crippen LogP contribution in [0.3, 0.4) is 0 Å². The van der Waals surface area contributed by atoms with Gasteiger partial charge in [-0.15, -0.1) is 0 Å². The average Bonchev–Trinajstić information content (AvgIpc) is 2.50. The van der Waals surface area contributed by atoms with Gasteiger partial charge in [0.05, 0.1) is 24.6 Å². The van der Waals surface area contributed by atoms with Crippen LogP contribution < -0.4 is 9.44 Å². The van der Waals surface area contributed by atoms with E-state index in [1.165, 1.54) is 0 Å². The lowest BCUT2D eigenvalue weighted by atomic mass is 10.1. The molecule has 0 fully saturated rings. The van der Waals surface area contributed by atoms with Crippen LogP contribution in [0.5, 0.6) is 0 Å². The molecule has 0 spiro atoms. The first-order valence-electron chi connectivity index (χ1n) is 8.57. The van der Waals surface area contributed by atoms with Gasteiger partial charge in [0.25, 0.3) is 0 Å². The van der Waals surface area contributed by atoms with E-state index in [0.717, 1.165) is 24.7 Å². The van der Waals surface area contributed by atoms with Gasteiger partial charge in [-0.3, -0.25) is 0 Å². The van der Waals surface area contributed by atoms with Crippen LogP contribution in [-0.4, -0.2) is 66.6 Å². The minimum Gasteiger partial charge on any atom is -0.461 e. The number of carbonyl (C=O) groups excluding carboxylic acids is 2. The van der Waals surface area contributed by atoms with Gasteiger partial charge in [0, 0.05) is 12.2 Å². The van der Waals surface area contributed by atoms with Crippen LogP contribution in [-0.2, 0) is 39.1 Å². The third-order valence-electron chi connectivity index (χ3n) is 3.51. The van der Waals surface area contributed by atoms with Crippen LogP contribution in [0.25, 0.3) is 0 Å². The van der Waals surface area contributed by atoms with E-state index in [1.807, 2.05) is 0 Å². The van der Waals surface area contributed by atoms with Gasteiger partial charge in [-0.1, -0.05) is 27.7 Å². The maximum atomic E-state index is 11.7. The minimum absolute atomic E-state index is 0.119. The molecule has 0 aliphatic carbocycles. The van der Waals surface area contributed by atoms with Crippen LogP contribution in [0.15, 0.2) is 12.2 Å². The molecule has 10 nitrogen and oxygen atoms in total. The largest absolute Gasteiger partial charge is 0.461 e. The van der Waals surface area contributed by atoms with Crippen molar-refractivity contribution in [2.75, 3.05) is 25.7 Å². The van der Waals surface area contributed by atoms with Crippen molar-refractivity contribution in [2.24, 2.45) is 11.8 Å². The second kappa shape index (κ2) is 11.5. The number of nitrogens with one attached hydrogen (secondary N) is 2. The van der Waals surface area contributed by atoms with Gasteiger partial charge in [0.1, 0.15) is 13.2 Å². The lowest BCUT2D eigenvalue weighted by Crippen LogP contribution is -2.41. The van der Waals surface area contributed by atoms with Gasteiger partial charge in [0.15, 0.2) is 0 Å². The number of carbonyl (C=O) groups is 2. The van der Waals surface area contributed by atoms with E-state index < -0.39 is 44.1 Å². The third-order valence-corrected chi connectivity index (χ3v) is 4.97. The number of esters is 2. The first-order valence-corrected chi connectivity index (χ1v) is 12.3. The summed E-state index contributed by atoms with van der Waals surface area (Å²) in [6.45, 7) is 6.66. The predicted molar refractivity (Wildman–Crippen MR) is 104 cm³/mol. The topological polar surface area (TPSA) is 145 Å². The molecule has 0 rings (SSSR count). The van der Waals surface area contributed by atoms with Crippen LogP contribution in [0.4, 0.5) is 0 Å². The molecule has 0 unspecified atom stereocenters. The summed E-state index contributed by atoms with van der Waals surface area (Å²) in [5.41, 5.74) is 0. The highest BCUT2D eigenvalue weighted by Crippen LogP contribution is 2.05. The first-order chi connectivity index (χ1) is 12.6. The monoisotopic (exact) mass is 442 g/mol. The Morgan fingerprint density at radius 2 is 1.04 bits per heavy atom. The summed E-state index contributed by atoms with van der Waals surface area (Å²) >= 11 is 0. The van der Waals surface area contributed by atoms with Crippen molar-refractivity contribution in [2.45, 2.75) is 39.8 Å². The van der Waals surface area contributed by atoms with E-state index in [2.05, 4.69) is 9.44 Å². The molecule has 0 saturated carbocycles. The van der Waals surface area contributed by atoms with E-state index in [1.54, 1.807) is 27.7 Å². The maximum Gasteiger partial charge on any atom is 0.331 e. The van der Waals surface area contributed by atoms with E-state index in [4.69, 9.17) is 9.47 Å². The van der Waals surface area contributed by atoms with Crippen LogP contribution in [0.1, 0.15) is 27.7 Å². The Morgan fingerprint density at radius 3 is 1.25 bits per heavy atom. The van der Waals surface area contributed by atoms with Gasteiger partial charge in [-0.2, -0.15) is 0 Å². The van der Waals surface area contributed by atoms with Crippen LogP contribution in [0, 0.1) is 11.8 Å². The first kappa shape index (κ1) is 26.5. The normalized spacial score (nSPS) is 15.0. The number of sulfonamides is 2. The number of ether oxygens (including phenoxy) is 2. The van der Waals surface area contributed by atoms with Crippen molar-refractivity contribution < 1.29 is 35.9 Å². The Balaban J connectivity index is 4.58. The number of rotatable bonds is 12. The summed E-state index contributed by atoms with van der Waals surface area (Å²) in [5.74, 6) is -1.92. The molecule has 0 saturated heterocycles. The van der Waals surface area contributed by atoms with Crippen molar-refractivity contribution in [1.82, 2.24) is 9.44 Å².